The Kier molecular flexibility index (Phi) is 4.67. The van der Waals surface area contributed by atoms with Gasteiger partial charge >= 0.3 is 6.03 Å². The first-order chi connectivity index (χ1) is 13.1. The molecule has 0 bridgehead atoms. The maximum atomic E-state index is 12.7. The van der Waals surface area contributed by atoms with E-state index in [4.69, 9.17) is 0 Å². The molecule has 0 radical (unpaired) electrons. The Morgan fingerprint density at radius 2 is 1.67 bits per heavy atom. The average Bonchev–Trinajstić information content (AvgIpc) is 2.98. The molecule has 2 saturated heterocycles. The highest BCUT2D eigenvalue weighted by Crippen LogP contribution is 2.26. The summed E-state index contributed by atoms with van der Waals surface area (Å²) in [6.45, 7) is 4.23. The first-order valence-corrected chi connectivity index (χ1v) is 9.41. The summed E-state index contributed by atoms with van der Waals surface area (Å²) in [4.78, 5) is 28.6. The third kappa shape index (κ3) is 3.45. The molecule has 3 amide bonds. The lowest BCUT2D eigenvalue weighted by molar-refractivity contribution is -0.113. The molecule has 5 heteroatoms. The van der Waals surface area contributed by atoms with Gasteiger partial charge in [0.1, 0.15) is 5.70 Å². The summed E-state index contributed by atoms with van der Waals surface area (Å²) in [6.07, 6.45) is 5.54. The van der Waals surface area contributed by atoms with Crippen molar-refractivity contribution < 1.29 is 9.59 Å². The van der Waals surface area contributed by atoms with Crippen LogP contribution in [0.3, 0.4) is 0 Å². The maximum Gasteiger partial charge on any atom is 0.333 e. The Morgan fingerprint density at radius 3 is 2.37 bits per heavy atom. The van der Waals surface area contributed by atoms with E-state index in [2.05, 4.69) is 22.3 Å². The minimum Gasteiger partial charge on any atom is -0.372 e. The predicted molar refractivity (Wildman–Crippen MR) is 108 cm³/mol. The summed E-state index contributed by atoms with van der Waals surface area (Å²) >= 11 is 0. The minimum atomic E-state index is -0.417. The van der Waals surface area contributed by atoms with Crippen LogP contribution in [0.2, 0.25) is 0 Å². The Balaban J connectivity index is 1.58. The van der Waals surface area contributed by atoms with Gasteiger partial charge < -0.3 is 10.2 Å². The molecule has 0 aromatic heterocycles. The van der Waals surface area contributed by atoms with Gasteiger partial charge in [0, 0.05) is 18.8 Å². The van der Waals surface area contributed by atoms with Gasteiger partial charge in [0.2, 0.25) is 0 Å². The number of nitrogens with one attached hydrogen (secondary N) is 1. The molecule has 0 saturated carbocycles. The molecule has 4 rings (SSSR count). The third-order valence-corrected chi connectivity index (χ3v) is 5.17. The predicted octanol–water partition coefficient (Wildman–Crippen LogP) is 4.08. The Hall–Kier alpha value is -3.08. The number of para-hydroxylation sites is 1. The van der Waals surface area contributed by atoms with Gasteiger partial charge in [-0.2, -0.15) is 0 Å². The lowest BCUT2D eigenvalue weighted by Gasteiger charge is -2.29. The van der Waals surface area contributed by atoms with Crippen LogP contribution in [0.15, 0.2) is 54.2 Å². The van der Waals surface area contributed by atoms with Crippen molar-refractivity contribution in [1.29, 1.82) is 0 Å². The zero-order valence-corrected chi connectivity index (χ0v) is 15.4. The van der Waals surface area contributed by atoms with E-state index >= 15 is 0 Å². The molecular weight excluding hydrogens is 338 g/mol. The molecule has 2 fully saturated rings. The van der Waals surface area contributed by atoms with E-state index in [0.29, 0.717) is 11.4 Å². The second kappa shape index (κ2) is 7.27. The van der Waals surface area contributed by atoms with E-state index in [-0.39, 0.29) is 5.91 Å². The number of amides is 3. The van der Waals surface area contributed by atoms with Gasteiger partial charge in [0.05, 0.1) is 5.69 Å². The lowest BCUT2D eigenvalue weighted by Crippen LogP contribution is -2.30. The van der Waals surface area contributed by atoms with Crippen molar-refractivity contribution in [1.82, 2.24) is 5.32 Å². The fourth-order valence-electron chi connectivity index (χ4n) is 3.67. The van der Waals surface area contributed by atoms with Gasteiger partial charge in [-0.3, -0.25) is 4.79 Å². The van der Waals surface area contributed by atoms with Gasteiger partial charge in [0.25, 0.3) is 5.91 Å². The molecule has 5 nitrogen and oxygen atoms in total. The fourth-order valence-corrected chi connectivity index (χ4v) is 3.67. The van der Waals surface area contributed by atoms with Crippen molar-refractivity contribution in [3.63, 3.8) is 0 Å². The van der Waals surface area contributed by atoms with Gasteiger partial charge in [-0.15, -0.1) is 0 Å². The number of carbonyl (C=O) groups excluding carboxylic acids is 2. The second-order valence-electron chi connectivity index (χ2n) is 7.05. The minimum absolute atomic E-state index is 0.303. The largest absolute Gasteiger partial charge is 0.372 e. The van der Waals surface area contributed by atoms with Crippen LogP contribution in [0.1, 0.15) is 30.4 Å². The number of urea groups is 1. The second-order valence-corrected chi connectivity index (χ2v) is 7.05. The van der Waals surface area contributed by atoms with Gasteiger partial charge in [0.15, 0.2) is 0 Å². The van der Waals surface area contributed by atoms with Crippen LogP contribution in [0.25, 0.3) is 6.08 Å². The molecule has 2 aromatic rings. The van der Waals surface area contributed by atoms with Crippen LogP contribution in [0, 0.1) is 6.92 Å². The van der Waals surface area contributed by atoms with E-state index < -0.39 is 6.03 Å². The summed E-state index contributed by atoms with van der Waals surface area (Å²) in [6, 6.07) is 14.8. The summed E-state index contributed by atoms with van der Waals surface area (Å²) in [5.74, 6) is -0.328. The smallest absolute Gasteiger partial charge is 0.333 e. The van der Waals surface area contributed by atoms with Crippen LogP contribution in [-0.2, 0) is 4.79 Å². The number of aryl methyl sites for hydroxylation is 1. The van der Waals surface area contributed by atoms with E-state index in [1.165, 1.54) is 29.8 Å². The number of carbonyl (C=O) groups is 2. The molecule has 2 aliphatic rings. The Morgan fingerprint density at radius 1 is 0.926 bits per heavy atom. The SMILES string of the molecule is Cc1cc(N2CCCCC2)ccc1C=C1NC(=O)N(c2ccccc2)C1=O. The number of nitrogens with zero attached hydrogens (tertiary/aromatic N) is 2. The normalized spacial score (nSPS) is 18.9. The van der Waals surface area contributed by atoms with Crippen LogP contribution in [0.5, 0.6) is 0 Å². The summed E-state index contributed by atoms with van der Waals surface area (Å²) in [5.41, 5.74) is 4.13. The highest BCUT2D eigenvalue weighted by atomic mass is 16.2. The van der Waals surface area contributed by atoms with Crippen molar-refractivity contribution in [3.05, 3.63) is 65.4 Å². The zero-order chi connectivity index (χ0) is 18.8. The number of anilines is 2. The highest BCUT2D eigenvalue weighted by Gasteiger charge is 2.34. The Labute approximate surface area is 159 Å². The number of imide groups is 1. The molecule has 27 heavy (non-hydrogen) atoms. The van der Waals surface area contributed by atoms with E-state index in [1.54, 1.807) is 30.3 Å². The van der Waals surface area contributed by atoms with Crippen LogP contribution in [-0.4, -0.2) is 25.0 Å². The fraction of sp³-hybridized carbons (Fsp3) is 0.273. The molecule has 2 aliphatic heterocycles. The Bertz CT molecular complexity index is 899. The monoisotopic (exact) mass is 361 g/mol. The summed E-state index contributed by atoms with van der Waals surface area (Å²) in [5, 5.41) is 2.69. The van der Waals surface area contributed by atoms with E-state index in [9.17, 15) is 9.59 Å². The van der Waals surface area contributed by atoms with Crippen LogP contribution in [0.4, 0.5) is 16.2 Å². The number of piperidine rings is 1. The highest BCUT2D eigenvalue weighted by molar-refractivity contribution is 6.28. The van der Waals surface area contributed by atoms with E-state index in [0.717, 1.165) is 24.2 Å². The topological polar surface area (TPSA) is 52.7 Å². The average molecular weight is 361 g/mol. The number of hydrogen-bond acceptors (Lipinski definition) is 3. The number of hydrogen-bond donors (Lipinski definition) is 1. The maximum absolute atomic E-state index is 12.7. The van der Waals surface area contributed by atoms with Crippen LogP contribution < -0.4 is 15.1 Å². The van der Waals surface area contributed by atoms with E-state index in [1.807, 2.05) is 19.1 Å². The molecule has 0 unspecified atom stereocenters. The summed E-state index contributed by atoms with van der Waals surface area (Å²) in [7, 11) is 0. The first kappa shape index (κ1) is 17.3. The van der Waals surface area contributed by atoms with Crippen molar-refractivity contribution in [2.45, 2.75) is 26.2 Å². The molecule has 0 spiro atoms. The molecule has 2 heterocycles. The summed E-state index contributed by atoms with van der Waals surface area (Å²) < 4.78 is 0. The van der Waals surface area contributed by atoms with Crippen LogP contribution >= 0.6 is 0 Å². The molecular formula is C22H23N3O2. The quantitative estimate of drug-likeness (QED) is 0.662. The zero-order valence-electron chi connectivity index (χ0n) is 15.4. The van der Waals surface area contributed by atoms with Crippen molar-refractivity contribution in [2.24, 2.45) is 0 Å². The molecule has 0 aliphatic carbocycles. The lowest BCUT2D eigenvalue weighted by atomic mass is 10.0. The number of rotatable bonds is 3. The molecule has 138 valence electrons. The standard InChI is InChI=1S/C22H23N3O2/c1-16-14-19(24-12-6-3-7-13-24)11-10-17(16)15-20-21(26)25(22(27)23-20)18-8-4-2-5-9-18/h2,4-5,8-11,14-15H,3,6-7,12-13H2,1H3,(H,23,27). The molecule has 0 atom stereocenters. The van der Waals surface area contributed by atoms with Crippen molar-refractivity contribution in [3.8, 4) is 0 Å². The van der Waals surface area contributed by atoms with Gasteiger partial charge in [-0.1, -0.05) is 24.3 Å². The van der Waals surface area contributed by atoms with Gasteiger partial charge in [-0.25, -0.2) is 9.69 Å². The molecule has 2 aromatic carbocycles. The first-order valence-electron chi connectivity index (χ1n) is 9.41. The third-order valence-electron chi connectivity index (χ3n) is 5.17. The van der Waals surface area contributed by atoms with Gasteiger partial charge in [-0.05, 0) is 67.7 Å². The number of benzene rings is 2. The molecule has 1 N–H and O–H groups in total. The van der Waals surface area contributed by atoms with Crippen molar-refractivity contribution in [2.75, 3.05) is 22.9 Å². The van der Waals surface area contributed by atoms with Crippen molar-refractivity contribution >= 4 is 29.4 Å².